The molecule has 144 valence electrons. The van der Waals surface area contributed by atoms with E-state index < -0.39 is 0 Å². The second kappa shape index (κ2) is 9.36. The van der Waals surface area contributed by atoms with Crippen LogP contribution in [0.1, 0.15) is 18.4 Å². The van der Waals surface area contributed by atoms with E-state index in [9.17, 15) is 9.59 Å². The number of benzene rings is 2. The van der Waals surface area contributed by atoms with E-state index in [0.29, 0.717) is 22.8 Å². The number of halogens is 1. The van der Waals surface area contributed by atoms with Gasteiger partial charge in [-0.25, -0.2) is 0 Å². The maximum atomic E-state index is 12.4. The summed E-state index contributed by atoms with van der Waals surface area (Å²) in [6, 6.07) is 16.3. The number of carbonyl (C=O) groups excluding carboxylic acids is 2. The van der Waals surface area contributed by atoms with Crippen LogP contribution in [0.5, 0.6) is 0 Å². The van der Waals surface area contributed by atoms with Crippen LogP contribution in [0, 0.1) is 17.2 Å². The smallest absolute Gasteiger partial charge is 0.279 e. The van der Waals surface area contributed by atoms with Crippen LogP contribution in [-0.4, -0.2) is 31.4 Å². The molecule has 0 unspecified atom stereocenters. The van der Waals surface area contributed by atoms with Crippen LogP contribution in [0.2, 0.25) is 5.02 Å². The largest absolute Gasteiger partial charge is 0.327 e. The molecule has 2 amide bonds. The fraction of sp³-hybridized carbons (Fsp3) is 0.286. The molecule has 3 N–H and O–H groups in total. The summed E-state index contributed by atoms with van der Waals surface area (Å²) in [6.45, 7) is 1.88. The van der Waals surface area contributed by atoms with Gasteiger partial charge in [0.1, 0.15) is 6.07 Å². The first-order chi connectivity index (χ1) is 13.5. The Kier molecular flexibility index (Phi) is 6.64. The number of carbonyl (C=O) groups is 2. The fourth-order valence-corrected chi connectivity index (χ4v) is 3.57. The molecule has 1 aliphatic rings. The van der Waals surface area contributed by atoms with Crippen molar-refractivity contribution >= 4 is 34.8 Å². The number of nitrogens with one attached hydrogen (secondary N) is 3. The number of likely N-dealkylation sites (tertiary alicyclic amines) is 1. The van der Waals surface area contributed by atoms with Gasteiger partial charge >= 0.3 is 0 Å². The molecular formula is C21H22ClN4O2+. The van der Waals surface area contributed by atoms with E-state index in [1.807, 2.05) is 36.4 Å². The molecule has 2 aromatic carbocycles. The first-order valence-electron chi connectivity index (χ1n) is 9.24. The summed E-state index contributed by atoms with van der Waals surface area (Å²) in [5, 5.41) is 15.0. The van der Waals surface area contributed by atoms with Crippen molar-refractivity contribution in [1.29, 1.82) is 5.26 Å². The van der Waals surface area contributed by atoms with Crippen molar-refractivity contribution in [3.05, 3.63) is 59.1 Å². The standard InChI is InChI=1S/C21H21ClN4O2/c22-19-12-18(7-6-16(19)13-23)24-20(27)14-26-10-8-15(9-11-26)21(28)25-17-4-2-1-3-5-17/h1-7,12,15H,8-11,14H2,(H,24,27)(H,25,28)/p+1. The van der Waals surface area contributed by atoms with Crippen LogP contribution in [0.4, 0.5) is 11.4 Å². The van der Waals surface area contributed by atoms with Crippen molar-refractivity contribution in [2.24, 2.45) is 5.92 Å². The Bertz CT molecular complexity index is 887. The number of anilines is 2. The molecule has 1 fully saturated rings. The first kappa shape index (κ1) is 19.9. The van der Waals surface area contributed by atoms with Crippen LogP contribution < -0.4 is 15.5 Å². The minimum atomic E-state index is -0.108. The van der Waals surface area contributed by atoms with Gasteiger partial charge in [-0.05, 0) is 30.3 Å². The van der Waals surface area contributed by atoms with Crippen molar-refractivity contribution in [3.8, 4) is 6.07 Å². The summed E-state index contributed by atoms with van der Waals surface area (Å²) in [5.74, 6) is -0.0887. The average Bonchev–Trinajstić information content (AvgIpc) is 2.69. The molecule has 1 aliphatic heterocycles. The summed E-state index contributed by atoms with van der Waals surface area (Å²) >= 11 is 5.99. The molecular weight excluding hydrogens is 376 g/mol. The molecule has 0 aliphatic carbocycles. The van der Waals surface area contributed by atoms with Crippen LogP contribution in [-0.2, 0) is 9.59 Å². The van der Waals surface area contributed by atoms with Gasteiger partial charge in [0.25, 0.3) is 5.91 Å². The molecule has 28 heavy (non-hydrogen) atoms. The minimum Gasteiger partial charge on any atom is -0.327 e. The highest BCUT2D eigenvalue weighted by Crippen LogP contribution is 2.20. The Morgan fingerprint density at radius 3 is 2.43 bits per heavy atom. The van der Waals surface area contributed by atoms with Gasteiger partial charge in [-0.2, -0.15) is 5.26 Å². The van der Waals surface area contributed by atoms with Gasteiger partial charge in [0.2, 0.25) is 5.91 Å². The van der Waals surface area contributed by atoms with E-state index in [1.54, 1.807) is 18.2 Å². The molecule has 0 aromatic heterocycles. The van der Waals surface area contributed by atoms with Crippen LogP contribution >= 0.6 is 11.6 Å². The van der Waals surface area contributed by atoms with Crippen molar-refractivity contribution in [2.75, 3.05) is 30.3 Å². The molecule has 6 nitrogen and oxygen atoms in total. The number of nitrogens with zero attached hydrogens (tertiary/aromatic N) is 1. The third-order valence-corrected chi connectivity index (χ3v) is 5.20. The maximum absolute atomic E-state index is 12.4. The van der Waals surface area contributed by atoms with Crippen molar-refractivity contribution in [3.63, 3.8) is 0 Å². The number of amides is 2. The lowest BCUT2D eigenvalue weighted by Gasteiger charge is -2.28. The third kappa shape index (κ3) is 5.32. The van der Waals surface area contributed by atoms with E-state index in [-0.39, 0.29) is 17.7 Å². The Morgan fingerprint density at radius 1 is 1.07 bits per heavy atom. The fourth-order valence-electron chi connectivity index (χ4n) is 3.35. The molecule has 2 aromatic rings. The summed E-state index contributed by atoms with van der Waals surface area (Å²) in [4.78, 5) is 25.8. The van der Waals surface area contributed by atoms with Crippen molar-refractivity contribution < 1.29 is 14.5 Å². The van der Waals surface area contributed by atoms with Crippen molar-refractivity contribution in [2.45, 2.75) is 12.8 Å². The van der Waals surface area contributed by atoms with E-state index in [1.165, 1.54) is 0 Å². The van der Waals surface area contributed by atoms with E-state index >= 15 is 0 Å². The molecule has 0 bridgehead atoms. The van der Waals surface area contributed by atoms with Gasteiger partial charge in [0.15, 0.2) is 6.54 Å². The average molecular weight is 398 g/mol. The predicted molar refractivity (Wildman–Crippen MR) is 108 cm³/mol. The Hall–Kier alpha value is -2.88. The number of hydrogen-bond acceptors (Lipinski definition) is 3. The van der Waals surface area contributed by atoms with Gasteiger partial charge in [0.05, 0.1) is 23.7 Å². The summed E-state index contributed by atoms with van der Waals surface area (Å²) in [7, 11) is 0. The van der Waals surface area contributed by atoms with E-state index in [0.717, 1.165) is 36.5 Å². The molecule has 7 heteroatoms. The highest BCUT2D eigenvalue weighted by molar-refractivity contribution is 6.32. The number of nitriles is 1. The van der Waals surface area contributed by atoms with Crippen LogP contribution in [0.25, 0.3) is 0 Å². The molecule has 1 heterocycles. The summed E-state index contributed by atoms with van der Waals surface area (Å²) < 4.78 is 0. The monoisotopic (exact) mass is 397 g/mol. The van der Waals surface area contributed by atoms with Gasteiger partial charge in [-0.1, -0.05) is 29.8 Å². The van der Waals surface area contributed by atoms with Gasteiger partial charge in [0, 0.05) is 30.1 Å². The molecule has 0 spiro atoms. The normalized spacial score (nSPS) is 18.7. The third-order valence-electron chi connectivity index (χ3n) is 4.89. The zero-order valence-corrected chi connectivity index (χ0v) is 16.1. The van der Waals surface area contributed by atoms with Crippen molar-refractivity contribution in [1.82, 2.24) is 0 Å². The predicted octanol–water partition coefficient (Wildman–Crippen LogP) is 2.08. The summed E-state index contributed by atoms with van der Waals surface area (Å²) in [6.07, 6.45) is 1.51. The summed E-state index contributed by atoms with van der Waals surface area (Å²) in [5.41, 5.74) is 1.76. The van der Waals surface area contributed by atoms with E-state index in [2.05, 4.69) is 10.6 Å². The number of para-hydroxylation sites is 1. The lowest BCUT2D eigenvalue weighted by Crippen LogP contribution is -3.14. The van der Waals surface area contributed by atoms with E-state index in [4.69, 9.17) is 16.9 Å². The lowest BCUT2D eigenvalue weighted by molar-refractivity contribution is -0.897. The number of hydrogen-bond donors (Lipinski definition) is 3. The molecule has 0 saturated carbocycles. The maximum Gasteiger partial charge on any atom is 0.279 e. The Morgan fingerprint density at radius 2 is 1.79 bits per heavy atom. The van der Waals surface area contributed by atoms with Gasteiger partial charge in [-0.3, -0.25) is 9.59 Å². The number of piperidine rings is 1. The molecule has 1 saturated heterocycles. The SMILES string of the molecule is N#Cc1ccc(NC(=O)C[NH+]2CCC(C(=O)Nc3ccccc3)CC2)cc1Cl. The minimum absolute atomic E-state index is 0.0237. The number of quaternary nitrogens is 1. The zero-order valence-electron chi connectivity index (χ0n) is 15.4. The highest BCUT2D eigenvalue weighted by Gasteiger charge is 2.28. The highest BCUT2D eigenvalue weighted by atomic mass is 35.5. The Labute approximate surface area is 169 Å². The Balaban J connectivity index is 1.45. The van der Waals surface area contributed by atoms with Gasteiger partial charge < -0.3 is 15.5 Å². The second-order valence-electron chi connectivity index (χ2n) is 6.91. The molecule has 0 radical (unpaired) electrons. The van der Waals surface area contributed by atoms with Crippen LogP contribution in [0.3, 0.4) is 0 Å². The molecule has 0 atom stereocenters. The first-order valence-corrected chi connectivity index (χ1v) is 9.62. The zero-order chi connectivity index (χ0) is 19.9. The second-order valence-corrected chi connectivity index (χ2v) is 7.32. The lowest BCUT2D eigenvalue weighted by atomic mass is 9.96. The molecule has 3 rings (SSSR count). The number of rotatable bonds is 5. The quantitative estimate of drug-likeness (QED) is 0.722. The van der Waals surface area contributed by atoms with Gasteiger partial charge in [-0.15, -0.1) is 0 Å². The topological polar surface area (TPSA) is 86.4 Å². The van der Waals surface area contributed by atoms with Crippen LogP contribution in [0.15, 0.2) is 48.5 Å².